The Morgan fingerprint density at radius 3 is 2.68 bits per heavy atom. The molecule has 6 nitrogen and oxygen atoms in total. The van der Waals surface area contributed by atoms with E-state index in [1.54, 1.807) is 7.11 Å². The van der Waals surface area contributed by atoms with E-state index in [-0.39, 0.29) is 29.9 Å². The average molecular weight is 389 g/mol. The van der Waals surface area contributed by atoms with Crippen molar-refractivity contribution < 1.29 is 19.1 Å². The van der Waals surface area contributed by atoms with Crippen LogP contribution < -0.4 is 10.1 Å². The number of nitrogens with one attached hydrogen (secondary N) is 1. The van der Waals surface area contributed by atoms with Crippen molar-refractivity contribution in [1.82, 2.24) is 10.2 Å². The quantitative estimate of drug-likeness (QED) is 0.814. The number of likely N-dealkylation sites (tertiary alicyclic amines) is 1. The van der Waals surface area contributed by atoms with E-state index in [9.17, 15) is 9.59 Å². The third-order valence-electron chi connectivity index (χ3n) is 5.74. The highest BCUT2D eigenvalue weighted by Gasteiger charge is 2.44. The van der Waals surface area contributed by atoms with Crippen molar-refractivity contribution in [2.75, 3.05) is 33.4 Å². The number of para-hydroxylation sites is 1. The molecule has 6 heteroatoms. The summed E-state index contributed by atoms with van der Waals surface area (Å²) < 4.78 is 11.4. The second-order valence-corrected chi connectivity index (χ2v) is 8.44. The Hall–Kier alpha value is -2.08. The number of hydrogen-bond acceptors (Lipinski definition) is 4. The first-order chi connectivity index (χ1) is 13.4. The van der Waals surface area contributed by atoms with Gasteiger partial charge in [0.15, 0.2) is 0 Å². The lowest BCUT2D eigenvalue weighted by molar-refractivity contribution is -0.139. The molecule has 0 bridgehead atoms. The molecule has 2 amide bonds. The van der Waals surface area contributed by atoms with Crippen LogP contribution in [0.15, 0.2) is 24.3 Å². The molecule has 154 valence electrons. The number of amides is 2. The number of benzene rings is 1. The number of methoxy groups -OCH3 is 1. The monoisotopic (exact) mass is 388 g/mol. The molecule has 1 unspecified atom stereocenters. The van der Waals surface area contributed by atoms with Crippen molar-refractivity contribution in [3.05, 3.63) is 29.8 Å². The van der Waals surface area contributed by atoms with Gasteiger partial charge < -0.3 is 19.7 Å². The van der Waals surface area contributed by atoms with Gasteiger partial charge in [0.05, 0.1) is 0 Å². The molecule has 1 aromatic carbocycles. The molecule has 1 N–H and O–H groups in total. The van der Waals surface area contributed by atoms with Crippen molar-refractivity contribution in [3.8, 4) is 5.75 Å². The number of hydrogen-bond donors (Lipinski definition) is 1. The number of rotatable bonds is 6. The number of nitrogens with zero attached hydrogens (tertiary/aromatic N) is 1. The van der Waals surface area contributed by atoms with Crippen LogP contribution in [0.5, 0.6) is 5.75 Å². The van der Waals surface area contributed by atoms with E-state index in [1.165, 1.54) is 0 Å². The van der Waals surface area contributed by atoms with Crippen LogP contribution in [-0.4, -0.2) is 55.7 Å². The van der Waals surface area contributed by atoms with Gasteiger partial charge in [-0.05, 0) is 24.0 Å². The molecule has 2 aliphatic rings. The first-order valence-corrected chi connectivity index (χ1v) is 10.2. The summed E-state index contributed by atoms with van der Waals surface area (Å²) in [5, 5.41) is 3.04. The number of piperidine rings is 1. The fraction of sp³-hybridized carbons (Fsp3) is 0.636. The minimum atomic E-state index is -0.304. The second kappa shape index (κ2) is 8.95. The minimum Gasteiger partial charge on any atom is -0.487 e. The van der Waals surface area contributed by atoms with Crippen LogP contribution in [0, 0.1) is 5.92 Å². The van der Waals surface area contributed by atoms with E-state index in [0.29, 0.717) is 32.0 Å². The van der Waals surface area contributed by atoms with Gasteiger partial charge in [-0.15, -0.1) is 0 Å². The highest BCUT2D eigenvalue weighted by molar-refractivity contribution is 5.78. The Bertz CT molecular complexity index is 696. The topological polar surface area (TPSA) is 67.9 Å². The van der Waals surface area contributed by atoms with Gasteiger partial charge in [0.2, 0.25) is 11.8 Å². The molecule has 0 aromatic heterocycles. The Morgan fingerprint density at radius 2 is 2.00 bits per heavy atom. The van der Waals surface area contributed by atoms with E-state index in [1.807, 2.05) is 23.1 Å². The zero-order valence-electron chi connectivity index (χ0n) is 17.2. The van der Waals surface area contributed by atoms with Gasteiger partial charge in [0.1, 0.15) is 18.0 Å². The van der Waals surface area contributed by atoms with Gasteiger partial charge in [-0.2, -0.15) is 0 Å². The van der Waals surface area contributed by atoms with Gasteiger partial charge in [-0.25, -0.2) is 0 Å². The Balaban J connectivity index is 1.70. The summed E-state index contributed by atoms with van der Waals surface area (Å²) in [7, 11) is 1.54. The molecule has 1 fully saturated rings. The van der Waals surface area contributed by atoms with E-state index in [0.717, 1.165) is 30.6 Å². The summed E-state index contributed by atoms with van der Waals surface area (Å²) >= 11 is 0. The predicted octanol–water partition coefficient (Wildman–Crippen LogP) is 2.72. The maximum atomic E-state index is 12.5. The normalized spacial score (nSPS) is 20.6. The van der Waals surface area contributed by atoms with Crippen LogP contribution in [0.3, 0.4) is 0 Å². The van der Waals surface area contributed by atoms with Crippen molar-refractivity contribution >= 4 is 11.8 Å². The molecule has 1 saturated heterocycles. The lowest BCUT2D eigenvalue weighted by atomic mass is 9.76. The van der Waals surface area contributed by atoms with Gasteiger partial charge >= 0.3 is 0 Å². The molecular weight excluding hydrogens is 356 g/mol. The van der Waals surface area contributed by atoms with E-state index >= 15 is 0 Å². The summed E-state index contributed by atoms with van der Waals surface area (Å²) in [5.41, 5.74) is 0.812. The van der Waals surface area contributed by atoms with Crippen LogP contribution in [-0.2, 0) is 14.3 Å². The maximum absolute atomic E-state index is 12.5. The summed E-state index contributed by atoms with van der Waals surface area (Å²) in [4.78, 5) is 26.5. The summed E-state index contributed by atoms with van der Waals surface area (Å²) in [6.45, 7) is 6.34. The van der Waals surface area contributed by atoms with Crippen molar-refractivity contribution in [3.63, 3.8) is 0 Å². The fourth-order valence-electron chi connectivity index (χ4n) is 4.23. The Labute approximate surface area is 167 Å². The number of carbonyl (C=O) groups excluding carboxylic acids is 2. The summed E-state index contributed by atoms with van der Waals surface area (Å²) in [6, 6.07) is 8.05. The Morgan fingerprint density at radius 1 is 1.29 bits per heavy atom. The smallest absolute Gasteiger partial charge is 0.248 e. The molecule has 1 atom stereocenters. The summed E-state index contributed by atoms with van der Waals surface area (Å²) in [6.07, 6.45) is 2.84. The predicted molar refractivity (Wildman–Crippen MR) is 107 cm³/mol. The van der Waals surface area contributed by atoms with Gasteiger partial charge in [0.25, 0.3) is 0 Å². The zero-order valence-corrected chi connectivity index (χ0v) is 17.2. The lowest BCUT2D eigenvalue weighted by Crippen LogP contribution is -2.52. The highest BCUT2D eigenvalue weighted by atomic mass is 16.5. The highest BCUT2D eigenvalue weighted by Crippen LogP contribution is 2.46. The third kappa shape index (κ3) is 4.85. The molecular formula is C22H32N2O4. The molecule has 3 rings (SSSR count). The molecule has 0 radical (unpaired) electrons. The van der Waals surface area contributed by atoms with Crippen LogP contribution in [0.1, 0.15) is 51.0 Å². The summed E-state index contributed by atoms with van der Waals surface area (Å²) in [5.74, 6) is 1.58. The number of ether oxygens (including phenoxy) is 2. The largest absolute Gasteiger partial charge is 0.487 e. The zero-order chi connectivity index (χ0) is 20.1. The lowest BCUT2D eigenvalue weighted by Gasteiger charge is -2.47. The minimum absolute atomic E-state index is 0.0261. The van der Waals surface area contributed by atoms with Crippen molar-refractivity contribution in [1.29, 1.82) is 0 Å². The van der Waals surface area contributed by atoms with Crippen LogP contribution in [0.4, 0.5) is 0 Å². The molecule has 1 spiro atoms. The molecule has 2 heterocycles. The first-order valence-electron chi connectivity index (χ1n) is 10.2. The molecule has 0 aliphatic carbocycles. The number of fused-ring (bicyclic) bond motifs is 1. The van der Waals surface area contributed by atoms with E-state index < -0.39 is 0 Å². The standard InChI is InChI=1S/C22H32N2O4/c1-16(2)14-23-20(25)12-17-13-22(28-19-7-5-4-6-18(17)19)8-10-24(11-9-22)21(26)15-27-3/h4-7,16-17H,8-15H2,1-3H3,(H,23,25). The van der Waals surface area contributed by atoms with E-state index in [2.05, 4.69) is 25.2 Å². The van der Waals surface area contributed by atoms with E-state index in [4.69, 9.17) is 9.47 Å². The van der Waals surface area contributed by atoms with Crippen molar-refractivity contribution in [2.45, 2.75) is 51.0 Å². The van der Waals surface area contributed by atoms with Gasteiger partial charge in [0, 0.05) is 51.9 Å². The molecule has 1 aromatic rings. The average Bonchev–Trinajstić information content (AvgIpc) is 2.67. The number of carbonyl (C=O) groups is 2. The molecule has 0 saturated carbocycles. The van der Waals surface area contributed by atoms with Crippen LogP contribution in [0.2, 0.25) is 0 Å². The molecule has 28 heavy (non-hydrogen) atoms. The van der Waals surface area contributed by atoms with Crippen molar-refractivity contribution in [2.24, 2.45) is 5.92 Å². The fourth-order valence-corrected chi connectivity index (χ4v) is 4.23. The second-order valence-electron chi connectivity index (χ2n) is 8.44. The maximum Gasteiger partial charge on any atom is 0.248 e. The molecule has 2 aliphatic heterocycles. The first kappa shape index (κ1) is 20.6. The van der Waals surface area contributed by atoms with Gasteiger partial charge in [-0.3, -0.25) is 9.59 Å². The van der Waals surface area contributed by atoms with Gasteiger partial charge in [-0.1, -0.05) is 32.0 Å². The SMILES string of the molecule is COCC(=O)N1CCC2(CC1)CC(CC(=O)NCC(C)C)c1ccccc1O2. The van der Waals surface area contributed by atoms with Crippen LogP contribution in [0.25, 0.3) is 0 Å². The Kier molecular flexibility index (Phi) is 6.60. The third-order valence-corrected chi connectivity index (χ3v) is 5.74. The van der Waals surface area contributed by atoms with Crippen LogP contribution >= 0.6 is 0 Å².